The molecule has 4 heteroatoms. The Bertz CT molecular complexity index is 1260. The second-order valence-corrected chi connectivity index (χ2v) is 7.18. The molecule has 1 heterocycles. The number of aromatic nitrogens is 3. The maximum absolute atomic E-state index is 6.25. The van der Waals surface area contributed by atoms with Crippen LogP contribution >= 0.6 is 11.6 Å². The molecule has 0 aliphatic heterocycles. The molecular formula is C27H20ClN3. The van der Waals surface area contributed by atoms with E-state index in [1.54, 1.807) is 12.2 Å². The number of allylic oxidation sites excluding steroid dienone is 4. The molecular weight excluding hydrogens is 402 g/mol. The fraction of sp³-hybridized carbons (Fsp3) is 0. The lowest BCUT2D eigenvalue weighted by Crippen LogP contribution is -1.97. The van der Waals surface area contributed by atoms with Gasteiger partial charge in [-0.1, -0.05) is 104 Å². The number of nitrogens with zero attached hydrogens (tertiary/aromatic N) is 3. The van der Waals surface area contributed by atoms with Gasteiger partial charge in [-0.25, -0.2) is 4.98 Å². The summed E-state index contributed by atoms with van der Waals surface area (Å²) in [5.74, 6) is 1.05. The normalized spacial score (nSPS) is 11.2. The Morgan fingerprint density at radius 1 is 0.677 bits per heavy atom. The maximum atomic E-state index is 6.25. The summed E-state index contributed by atoms with van der Waals surface area (Å²) >= 11 is 6.25. The number of benzene rings is 3. The summed E-state index contributed by atoms with van der Waals surface area (Å²) in [5.41, 5.74) is 5.97. The first kappa shape index (κ1) is 20.5. The van der Waals surface area contributed by atoms with Crippen LogP contribution in [0.2, 0.25) is 5.28 Å². The Morgan fingerprint density at radius 3 is 1.97 bits per heavy atom. The van der Waals surface area contributed by atoms with Crippen LogP contribution in [0.4, 0.5) is 0 Å². The van der Waals surface area contributed by atoms with E-state index in [4.69, 9.17) is 11.6 Å². The van der Waals surface area contributed by atoms with Gasteiger partial charge in [0.25, 0.3) is 0 Å². The van der Waals surface area contributed by atoms with Crippen LogP contribution in [0.3, 0.4) is 0 Å². The van der Waals surface area contributed by atoms with Gasteiger partial charge in [0.1, 0.15) is 0 Å². The minimum absolute atomic E-state index is 0.156. The number of hydrogen-bond donors (Lipinski definition) is 0. The molecule has 31 heavy (non-hydrogen) atoms. The van der Waals surface area contributed by atoms with E-state index in [2.05, 4.69) is 52.4 Å². The third-order valence-electron chi connectivity index (χ3n) is 4.83. The highest BCUT2D eigenvalue weighted by Gasteiger charge is 2.11. The highest BCUT2D eigenvalue weighted by Crippen LogP contribution is 2.27. The average molecular weight is 422 g/mol. The Hall–Kier alpha value is -3.82. The fourth-order valence-electron chi connectivity index (χ4n) is 3.30. The fourth-order valence-corrected chi connectivity index (χ4v) is 3.46. The molecule has 0 saturated heterocycles. The maximum Gasteiger partial charge on any atom is 0.226 e. The molecule has 1 aromatic heterocycles. The minimum atomic E-state index is 0.156. The van der Waals surface area contributed by atoms with Crippen LogP contribution in [-0.4, -0.2) is 15.0 Å². The second-order valence-electron chi connectivity index (χ2n) is 6.84. The van der Waals surface area contributed by atoms with Crippen LogP contribution in [0.25, 0.3) is 39.5 Å². The number of hydrogen-bond acceptors (Lipinski definition) is 3. The molecule has 0 saturated carbocycles. The van der Waals surface area contributed by atoms with Crippen molar-refractivity contribution in [2.45, 2.75) is 0 Å². The van der Waals surface area contributed by atoms with Crippen molar-refractivity contribution in [2.24, 2.45) is 0 Å². The SMILES string of the molecule is C=C/C=C(\C=C)c1cccc(-c2nc(Cl)nc(-c3ccc(-c4ccccc4)cc3)n2)c1. The molecule has 0 aliphatic rings. The summed E-state index contributed by atoms with van der Waals surface area (Å²) in [6.07, 6.45) is 5.44. The summed E-state index contributed by atoms with van der Waals surface area (Å²) in [6.45, 7) is 7.64. The average Bonchev–Trinajstić information content (AvgIpc) is 2.83. The highest BCUT2D eigenvalue weighted by molar-refractivity contribution is 6.28. The van der Waals surface area contributed by atoms with Crippen molar-refractivity contribution in [3.63, 3.8) is 0 Å². The van der Waals surface area contributed by atoms with Gasteiger partial charge in [-0.2, -0.15) is 9.97 Å². The molecule has 0 aliphatic carbocycles. The van der Waals surface area contributed by atoms with Gasteiger partial charge >= 0.3 is 0 Å². The lowest BCUT2D eigenvalue weighted by atomic mass is 10.0. The first-order valence-corrected chi connectivity index (χ1v) is 10.2. The molecule has 150 valence electrons. The van der Waals surface area contributed by atoms with Crippen molar-refractivity contribution < 1.29 is 0 Å². The zero-order chi connectivity index (χ0) is 21.6. The lowest BCUT2D eigenvalue weighted by molar-refractivity contribution is 1.07. The van der Waals surface area contributed by atoms with Crippen LogP contribution in [-0.2, 0) is 0 Å². The quantitative estimate of drug-likeness (QED) is 0.307. The largest absolute Gasteiger partial charge is 0.226 e. The van der Waals surface area contributed by atoms with Gasteiger partial charge in [-0.15, -0.1) is 0 Å². The van der Waals surface area contributed by atoms with E-state index in [1.165, 1.54) is 0 Å². The van der Waals surface area contributed by atoms with Crippen molar-refractivity contribution >= 4 is 17.2 Å². The van der Waals surface area contributed by atoms with E-state index in [1.807, 2.05) is 60.7 Å². The molecule has 0 atom stereocenters. The summed E-state index contributed by atoms with van der Waals surface area (Å²) < 4.78 is 0. The van der Waals surface area contributed by atoms with E-state index in [-0.39, 0.29) is 5.28 Å². The highest BCUT2D eigenvalue weighted by atomic mass is 35.5. The van der Waals surface area contributed by atoms with E-state index >= 15 is 0 Å². The van der Waals surface area contributed by atoms with Crippen LogP contribution in [0, 0.1) is 0 Å². The van der Waals surface area contributed by atoms with E-state index in [9.17, 15) is 0 Å². The molecule has 0 unspecified atom stereocenters. The van der Waals surface area contributed by atoms with E-state index in [0.29, 0.717) is 11.6 Å². The topological polar surface area (TPSA) is 38.7 Å². The third kappa shape index (κ3) is 4.68. The van der Waals surface area contributed by atoms with E-state index in [0.717, 1.165) is 33.4 Å². The first-order valence-electron chi connectivity index (χ1n) is 9.81. The predicted molar refractivity (Wildman–Crippen MR) is 130 cm³/mol. The van der Waals surface area contributed by atoms with Gasteiger partial charge in [0.05, 0.1) is 0 Å². The Morgan fingerprint density at radius 2 is 1.29 bits per heavy atom. The Balaban J connectivity index is 1.71. The van der Waals surface area contributed by atoms with Crippen LogP contribution in [0.1, 0.15) is 5.56 Å². The zero-order valence-electron chi connectivity index (χ0n) is 16.9. The van der Waals surface area contributed by atoms with E-state index < -0.39 is 0 Å². The monoisotopic (exact) mass is 421 g/mol. The van der Waals surface area contributed by atoms with Gasteiger partial charge < -0.3 is 0 Å². The van der Waals surface area contributed by atoms with Gasteiger partial charge in [-0.3, -0.25) is 0 Å². The summed E-state index contributed by atoms with van der Waals surface area (Å²) in [5, 5.41) is 0.156. The van der Waals surface area contributed by atoms with Crippen molar-refractivity contribution in [3.05, 3.63) is 121 Å². The van der Waals surface area contributed by atoms with Crippen molar-refractivity contribution in [1.29, 1.82) is 0 Å². The zero-order valence-corrected chi connectivity index (χ0v) is 17.6. The number of rotatable bonds is 6. The van der Waals surface area contributed by atoms with Crippen molar-refractivity contribution in [1.82, 2.24) is 15.0 Å². The molecule has 4 aromatic rings. The predicted octanol–water partition coefficient (Wildman–Crippen LogP) is 7.28. The van der Waals surface area contributed by atoms with Gasteiger partial charge in [-0.05, 0) is 39.9 Å². The van der Waals surface area contributed by atoms with Crippen molar-refractivity contribution in [2.75, 3.05) is 0 Å². The Kier molecular flexibility index (Phi) is 6.16. The summed E-state index contributed by atoms with van der Waals surface area (Å²) in [6, 6.07) is 26.2. The minimum Gasteiger partial charge on any atom is -0.208 e. The molecule has 0 spiro atoms. The van der Waals surface area contributed by atoms with Crippen molar-refractivity contribution in [3.8, 4) is 33.9 Å². The first-order chi connectivity index (χ1) is 15.2. The molecule has 0 amide bonds. The standard InChI is InChI=1S/C27H20ClN3/c1-3-9-19(4-2)23-12-8-13-24(18-23)26-29-25(30-27(28)31-26)22-16-14-21(15-17-22)20-10-6-5-7-11-20/h3-18H,1-2H2/b19-9+. The van der Waals surface area contributed by atoms with Gasteiger partial charge in [0.15, 0.2) is 11.6 Å². The third-order valence-corrected chi connectivity index (χ3v) is 5.00. The molecule has 4 rings (SSSR count). The van der Waals surface area contributed by atoms with Crippen LogP contribution < -0.4 is 0 Å². The summed E-state index contributed by atoms with van der Waals surface area (Å²) in [4.78, 5) is 13.4. The molecule has 0 radical (unpaired) electrons. The molecule has 3 nitrogen and oxygen atoms in total. The lowest BCUT2D eigenvalue weighted by Gasteiger charge is -2.08. The smallest absolute Gasteiger partial charge is 0.208 e. The molecule has 0 N–H and O–H groups in total. The van der Waals surface area contributed by atoms with Gasteiger partial charge in [0.2, 0.25) is 5.28 Å². The second kappa shape index (κ2) is 9.33. The molecule has 3 aromatic carbocycles. The molecule has 0 bridgehead atoms. The summed E-state index contributed by atoms with van der Waals surface area (Å²) in [7, 11) is 0. The van der Waals surface area contributed by atoms with Crippen LogP contribution in [0.5, 0.6) is 0 Å². The number of halogens is 1. The van der Waals surface area contributed by atoms with Gasteiger partial charge in [0, 0.05) is 11.1 Å². The Labute approximate surface area is 187 Å². The molecule has 0 fully saturated rings. The van der Waals surface area contributed by atoms with Crippen LogP contribution in [0.15, 0.2) is 110 Å².